The molecular weight excluding hydrogens is 376 g/mol. The number of fused-ring (bicyclic) bond motifs is 1. The molecule has 4 aromatic rings. The molecule has 0 spiro atoms. The zero-order valence-electron chi connectivity index (χ0n) is 15.1. The predicted octanol–water partition coefficient (Wildman–Crippen LogP) is 4.24. The van der Waals surface area contributed by atoms with E-state index in [9.17, 15) is 4.79 Å². The zero-order valence-corrected chi connectivity index (χ0v) is 15.8. The van der Waals surface area contributed by atoms with Crippen molar-refractivity contribution in [3.8, 4) is 17.0 Å². The molecule has 7 heteroatoms. The molecule has 0 unspecified atom stereocenters. The summed E-state index contributed by atoms with van der Waals surface area (Å²) in [6, 6.07) is 14.9. The molecule has 28 heavy (non-hydrogen) atoms. The van der Waals surface area contributed by atoms with Gasteiger partial charge in [0.15, 0.2) is 5.65 Å². The van der Waals surface area contributed by atoms with Crippen molar-refractivity contribution in [1.29, 1.82) is 0 Å². The predicted molar refractivity (Wildman–Crippen MR) is 109 cm³/mol. The number of amides is 1. The van der Waals surface area contributed by atoms with E-state index in [0.717, 1.165) is 22.6 Å². The molecule has 4 rings (SSSR count). The van der Waals surface area contributed by atoms with Gasteiger partial charge in [0.05, 0.1) is 31.6 Å². The van der Waals surface area contributed by atoms with Gasteiger partial charge in [0.1, 0.15) is 11.6 Å². The highest BCUT2D eigenvalue weighted by molar-refractivity contribution is 6.30. The number of rotatable bonds is 5. The van der Waals surface area contributed by atoms with Crippen LogP contribution in [0.4, 0.5) is 5.82 Å². The number of imidazole rings is 1. The van der Waals surface area contributed by atoms with Crippen LogP contribution in [0.5, 0.6) is 5.75 Å². The SMILES string of the molecule is COc1cccc(CC(=O)Nc2cnc3cnc(-c4cccc(Cl)c4)cn23)c1. The van der Waals surface area contributed by atoms with Crippen LogP contribution in [0.2, 0.25) is 5.02 Å². The highest BCUT2D eigenvalue weighted by Crippen LogP contribution is 2.22. The maximum atomic E-state index is 12.5. The number of methoxy groups -OCH3 is 1. The average molecular weight is 393 g/mol. The van der Waals surface area contributed by atoms with Crippen LogP contribution in [0.15, 0.2) is 67.1 Å². The second-order valence-electron chi connectivity index (χ2n) is 6.23. The Hall–Kier alpha value is -3.38. The molecule has 1 amide bonds. The smallest absolute Gasteiger partial charge is 0.229 e. The summed E-state index contributed by atoms with van der Waals surface area (Å²) in [5.41, 5.74) is 3.13. The van der Waals surface area contributed by atoms with Crippen molar-refractivity contribution in [2.24, 2.45) is 0 Å². The van der Waals surface area contributed by atoms with Gasteiger partial charge in [-0.1, -0.05) is 35.9 Å². The van der Waals surface area contributed by atoms with Crippen molar-refractivity contribution >= 4 is 29.0 Å². The van der Waals surface area contributed by atoms with Crippen LogP contribution in [-0.2, 0) is 11.2 Å². The number of halogens is 1. The van der Waals surface area contributed by atoms with Crippen molar-refractivity contribution < 1.29 is 9.53 Å². The van der Waals surface area contributed by atoms with E-state index in [4.69, 9.17) is 16.3 Å². The average Bonchev–Trinajstić information content (AvgIpc) is 3.10. The fourth-order valence-electron chi connectivity index (χ4n) is 2.93. The Morgan fingerprint density at radius 3 is 2.82 bits per heavy atom. The molecule has 2 aromatic carbocycles. The van der Waals surface area contributed by atoms with Gasteiger partial charge in [-0.15, -0.1) is 0 Å². The normalized spacial score (nSPS) is 10.8. The lowest BCUT2D eigenvalue weighted by Crippen LogP contribution is -2.15. The van der Waals surface area contributed by atoms with Gasteiger partial charge in [-0.05, 0) is 29.8 Å². The minimum absolute atomic E-state index is 0.142. The fourth-order valence-corrected chi connectivity index (χ4v) is 3.12. The second kappa shape index (κ2) is 7.70. The molecule has 0 radical (unpaired) electrons. The number of nitrogens with zero attached hydrogens (tertiary/aromatic N) is 3. The molecule has 0 saturated heterocycles. The van der Waals surface area contributed by atoms with Crippen molar-refractivity contribution in [2.45, 2.75) is 6.42 Å². The maximum absolute atomic E-state index is 12.5. The number of anilines is 1. The third-order valence-electron chi connectivity index (χ3n) is 4.28. The van der Waals surface area contributed by atoms with Gasteiger partial charge >= 0.3 is 0 Å². The lowest BCUT2D eigenvalue weighted by atomic mass is 10.1. The molecule has 140 valence electrons. The standard InChI is InChI=1S/C21H17ClN4O2/c1-28-17-7-2-4-14(8-17)9-21(27)25-20-12-24-19-11-23-18(13-26(19)20)15-5-3-6-16(22)10-15/h2-8,10-13H,9H2,1H3,(H,25,27). The van der Waals surface area contributed by atoms with Gasteiger partial charge in [0.2, 0.25) is 5.91 Å². The van der Waals surface area contributed by atoms with Crippen LogP contribution in [-0.4, -0.2) is 27.4 Å². The Bertz CT molecular complexity index is 1160. The summed E-state index contributed by atoms with van der Waals surface area (Å²) in [7, 11) is 1.60. The summed E-state index contributed by atoms with van der Waals surface area (Å²) >= 11 is 6.08. The first-order chi connectivity index (χ1) is 13.6. The largest absolute Gasteiger partial charge is 0.497 e. The van der Waals surface area contributed by atoms with Crippen LogP contribution in [0.3, 0.4) is 0 Å². The molecule has 0 aliphatic heterocycles. The van der Waals surface area contributed by atoms with Gasteiger partial charge in [-0.2, -0.15) is 0 Å². The van der Waals surface area contributed by atoms with Crippen molar-refractivity contribution in [2.75, 3.05) is 12.4 Å². The van der Waals surface area contributed by atoms with Crippen LogP contribution in [0.1, 0.15) is 5.56 Å². The van der Waals surface area contributed by atoms with Crippen molar-refractivity contribution in [3.63, 3.8) is 0 Å². The molecular formula is C21H17ClN4O2. The van der Waals surface area contributed by atoms with Crippen LogP contribution in [0, 0.1) is 0 Å². The van der Waals surface area contributed by atoms with Gasteiger partial charge in [-0.25, -0.2) is 4.98 Å². The molecule has 0 atom stereocenters. The number of aromatic nitrogens is 3. The number of nitrogens with one attached hydrogen (secondary N) is 1. The Balaban J connectivity index is 1.58. The Morgan fingerprint density at radius 1 is 1.14 bits per heavy atom. The van der Waals surface area contributed by atoms with E-state index in [2.05, 4.69) is 15.3 Å². The first kappa shape index (κ1) is 18.0. The third-order valence-corrected chi connectivity index (χ3v) is 4.52. The molecule has 6 nitrogen and oxygen atoms in total. The number of hydrogen-bond acceptors (Lipinski definition) is 4. The minimum Gasteiger partial charge on any atom is -0.497 e. The molecule has 0 aliphatic carbocycles. The van der Waals surface area contributed by atoms with Gasteiger partial charge < -0.3 is 10.1 Å². The maximum Gasteiger partial charge on any atom is 0.229 e. The Kier molecular flexibility index (Phi) is 4.95. The van der Waals surface area contributed by atoms with E-state index in [0.29, 0.717) is 16.5 Å². The summed E-state index contributed by atoms with van der Waals surface area (Å²) in [5.74, 6) is 1.15. The highest BCUT2D eigenvalue weighted by atomic mass is 35.5. The molecule has 0 saturated carbocycles. The van der Waals surface area contributed by atoms with Crippen molar-refractivity contribution in [1.82, 2.24) is 14.4 Å². The second-order valence-corrected chi connectivity index (χ2v) is 6.67. The number of ether oxygens (including phenoxy) is 1. The number of hydrogen-bond donors (Lipinski definition) is 1. The first-order valence-electron chi connectivity index (χ1n) is 8.64. The Morgan fingerprint density at radius 2 is 2.00 bits per heavy atom. The molecule has 0 fully saturated rings. The molecule has 2 aromatic heterocycles. The van der Waals surface area contributed by atoms with E-state index in [-0.39, 0.29) is 12.3 Å². The quantitative estimate of drug-likeness (QED) is 0.551. The van der Waals surface area contributed by atoms with Crippen LogP contribution in [0.25, 0.3) is 16.9 Å². The number of carbonyl (C=O) groups excluding carboxylic acids is 1. The molecule has 0 bridgehead atoms. The highest BCUT2D eigenvalue weighted by Gasteiger charge is 2.11. The minimum atomic E-state index is -0.142. The number of carbonyl (C=O) groups is 1. The molecule has 0 aliphatic rings. The van der Waals surface area contributed by atoms with Gasteiger partial charge in [-0.3, -0.25) is 14.2 Å². The fraction of sp³-hybridized carbons (Fsp3) is 0.0952. The molecule has 1 N–H and O–H groups in total. The summed E-state index contributed by atoms with van der Waals surface area (Å²) in [6.07, 6.45) is 5.34. The topological polar surface area (TPSA) is 68.5 Å². The van der Waals surface area contributed by atoms with Gasteiger partial charge in [0, 0.05) is 16.8 Å². The van der Waals surface area contributed by atoms with E-state index in [1.807, 2.05) is 54.7 Å². The zero-order chi connectivity index (χ0) is 19.5. The first-order valence-corrected chi connectivity index (χ1v) is 9.02. The summed E-state index contributed by atoms with van der Waals surface area (Å²) in [5, 5.41) is 3.54. The van der Waals surface area contributed by atoms with Crippen molar-refractivity contribution in [3.05, 3.63) is 77.7 Å². The lowest BCUT2D eigenvalue weighted by molar-refractivity contribution is -0.115. The van der Waals surface area contributed by atoms with Crippen LogP contribution < -0.4 is 10.1 Å². The summed E-state index contributed by atoms with van der Waals surface area (Å²) < 4.78 is 7.00. The van der Waals surface area contributed by atoms with E-state index >= 15 is 0 Å². The van der Waals surface area contributed by atoms with E-state index in [1.165, 1.54) is 0 Å². The monoisotopic (exact) mass is 392 g/mol. The van der Waals surface area contributed by atoms with E-state index in [1.54, 1.807) is 23.9 Å². The molecule has 2 heterocycles. The summed E-state index contributed by atoms with van der Waals surface area (Å²) in [6.45, 7) is 0. The Labute approximate surface area is 166 Å². The lowest BCUT2D eigenvalue weighted by Gasteiger charge is -2.08. The number of benzene rings is 2. The van der Waals surface area contributed by atoms with Gasteiger partial charge in [0.25, 0.3) is 0 Å². The van der Waals surface area contributed by atoms with Crippen LogP contribution >= 0.6 is 11.6 Å². The third kappa shape index (κ3) is 3.82. The van der Waals surface area contributed by atoms with E-state index < -0.39 is 0 Å². The summed E-state index contributed by atoms with van der Waals surface area (Å²) in [4.78, 5) is 21.2.